The molecule has 2 heterocycles. The normalized spacial score (nSPS) is 12.2. The molecule has 0 radical (unpaired) electrons. The van der Waals surface area contributed by atoms with Crippen LogP contribution in [0, 0.1) is 13.8 Å². The molecule has 4 rings (SSSR count). The maximum atomic E-state index is 4.59. The summed E-state index contributed by atoms with van der Waals surface area (Å²) in [6, 6.07) is 18.8. The highest BCUT2D eigenvalue weighted by Crippen LogP contribution is 2.21. The Morgan fingerprint density at radius 1 is 0.964 bits per heavy atom. The fraction of sp³-hybridized carbons (Fsp3) is 0.217. The lowest BCUT2D eigenvalue weighted by Gasteiger charge is -2.16. The predicted octanol–water partition coefficient (Wildman–Crippen LogP) is 4.53. The molecule has 28 heavy (non-hydrogen) atoms. The van der Waals surface area contributed by atoms with E-state index in [0.717, 1.165) is 23.6 Å². The first-order valence-corrected chi connectivity index (χ1v) is 9.56. The van der Waals surface area contributed by atoms with E-state index >= 15 is 0 Å². The van der Waals surface area contributed by atoms with Crippen molar-refractivity contribution in [1.29, 1.82) is 0 Å². The molecule has 0 saturated heterocycles. The lowest BCUT2D eigenvalue weighted by molar-refractivity contribution is 0.570. The van der Waals surface area contributed by atoms with E-state index < -0.39 is 0 Å². The smallest absolute Gasteiger partial charge is 0.0648 e. The van der Waals surface area contributed by atoms with Crippen molar-refractivity contribution in [1.82, 2.24) is 24.9 Å². The van der Waals surface area contributed by atoms with Gasteiger partial charge in [0.2, 0.25) is 0 Å². The quantitative estimate of drug-likeness (QED) is 0.542. The van der Waals surface area contributed by atoms with E-state index in [1.54, 1.807) is 6.20 Å². The van der Waals surface area contributed by atoms with Crippen LogP contribution in [0.1, 0.15) is 35.3 Å². The van der Waals surface area contributed by atoms with Gasteiger partial charge in [0.1, 0.15) is 0 Å². The molecule has 0 aliphatic rings. The Morgan fingerprint density at radius 2 is 1.79 bits per heavy atom. The Bertz CT molecular complexity index is 1050. The van der Waals surface area contributed by atoms with Gasteiger partial charge in [0.15, 0.2) is 0 Å². The summed E-state index contributed by atoms with van der Waals surface area (Å²) in [4.78, 5) is 0. The first-order chi connectivity index (χ1) is 13.6. The van der Waals surface area contributed by atoms with Crippen molar-refractivity contribution in [3.05, 3.63) is 95.6 Å². The van der Waals surface area contributed by atoms with E-state index in [0.29, 0.717) is 0 Å². The van der Waals surface area contributed by atoms with Gasteiger partial charge in [-0.05, 0) is 62.2 Å². The minimum Gasteiger partial charge on any atom is -0.306 e. The molecule has 4 aromatic rings. The number of para-hydroxylation sites is 1. The molecule has 142 valence electrons. The van der Waals surface area contributed by atoms with E-state index in [2.05, 4.69) is 66.6 Å². The minimum atomic E-state index is 0.211. The minimum absolute atomic E-state index is 0.211. The summed E-state index contributed by atoms with van der Waals surface area (Å²) in [5, 5.41) is 12.5. The van der Waals surface area contributed by atoms with Crippen LogP contribution in [0.4, 0.5) is 0 Å². The number of nitrogens with zero attached hydrogens (tertiary/aromatic N) is 4. The fourth-order valence-corrected chi connectivity index (χ4v) is 3.49. The zero-order valence-electron chi connectivity index (χ0n) is 16.5. The molecule has 0 saturated carbocycles. The van der Waals surface area contributed by atoms with Crippen LogP contribution in [-0.2, 0) is 6.54 Å². The number of hydrogen-bond donors (Lipinski definition) is 1. The van der Waals surface area contributed by atoms with Crippen LogP contribution >= 0.6 is 0 Å². The van der Waals surface area contributed by atoms with Gasteiger partial charge >= 0.3 is 0 Å². The second-order valence-corrected chi connectivity index (χ2v) is 7.10. The number of aryl methyl sites for hydroxylation is 1. The van der Waals surface area contributed by atoms with Crippen LogP contribution < -0.4 is 5.32 Å². The average molecular weight is 371 g/mol. The number of benzene rings is 2. The third-order valence-corrected chi connectivity index (χ3v) is 5.21. The Balaban J connectivity index is 1.46. The summed E-state index contributed by atoms with van der Waals surface area (Å²) in [6.45, 7) is 7.26. The highest BCUT2D eigenvalue weighted by Gasteiger charge is 2.14. The van der Waals surface area contributed by atoms with Gasteiger partial charge < -0.3 is 5.32 Å². The van der Waals surface area contributed by atoms with Gasteiger partial charge in [-0.1, -0.05) is 24.3 Å². The molecule has 2 aromatic heterocycles. The van der Waals surface area contributed by atoms with E-state index in [-0.39, 0.29) is 6.04 Å². The van der Waals surface area contributed by atoms with Crippen molar-refractivity contribution in [3.8, 4) is 11.4 Å². The maximum absolute atomic E-state index is 4.59. The largest absolute Gasteiger partial charge is 0.306 e. The summed E-state index contributed by atoms with van der Waals surface area (Å²) < 4.78 is 3.88. The molecule has 0 unspecified atom stereocenters. The summed E-state index contributed by atoms with van der Waals surface area (Å²) in [6.07, 6.45) is 5.72. The van der Waals surface area contributed by atoms with Crippen LogP contribution in [0.3, 0.4) is 0 Å². The van der Waals surface area contributed by atoms with Gasteiger partial charge in [-0.3, -0.25) is 0 Å². The number of hydrogen-bond acceptors (Lipinski definition) is 3. The second kappa shape index (κ2) is 7.82. The third-order valence-electron chi connectivity index (χ3n) is 5.21. The molecule has 0 spiro atoms. The van der Waals surface area contributed by atoms with Crippen molar-refractivity contribution >= 4 is 0 Å². The fourth-order valence-electron chi connectivity index (χ4n) is 3.49. The Hall–Kier alpha value is -3.18. The maximum Gasteiger partial charge on any atom is 0.0648 e. The van der Waals surface area contributed by atoms with Gasteiger partial charge in [-0.25, -0.2) is 9.36 Å². The van der Waals surface area contributed by atoms with E-state index in [1.807, 2.05) is 46.0 Å². The highest BCUT2D eigenvalue weighted by atomic mass is 15.3. The molecule has 5 heteroatoms. The SMILES string of the molecule is Cc1cc(-n2cccn2)ccc1CN[C@H](C)c1cnn(-c2ccccc2)c1C. The molecule has 0 bridgehead atoms. The Morgan fingerprint density at radius 3 is 2.50 bits per heavy atom. The molecule has 1 atom stereocenters. The number of nitrogens with one attached hydrogen (secondary N) is 1. The predicted molar refractivity (Wildman–Crippen MR) is 112 cm³/mol. The van der Waals surface area contributed by atoms with Gasteiger partial charge in [-0.15, -0.1) is 0 Å². The molecule has 0 aliphatic carbocycles. The molecule has 5 nitrogen and oxygen atoms in total. The van der Waals surface area contributed by atoms with E-state index in [1.165, 1.54) is 16.7 Å². The van der Waals surface area contributed by atoms with Crippen molar-refractivity contribution in [2.24, 2.45) is 0 Å². The van der Waals surface area contributed by atoms with E-state index in [9.17, 15) is 0 Å². The number of aromatic nitrogens is 4. The topological polar surface area (TPSA) is 47.7 Å². The van der Waals surface area contributed by atoms with Crippen LogP contribution in [0.5, 0.6) is 0 Å². The van der Waals surface area contributed by atoms with Crippen molar-refractivity contribution in [3.63, 3.8) is 0 Å². The zero-order valence-corrected chi connectivity index (χ0v) is 16.5. The van der Waals surface area contributed by atoms with Crippen LogP contribution in [0.2, 0.25) is 0 Å². The summed E-state index contributed by atoms with van der Waals surface area (Å²) >= 11 is 0. The molecule has 0 amide bonds. The van der Waals surface area contributed by atoms with Gasteiger partial charge in [0, 0.05) is 36.2 Å². The van der Waals surface area contributed by atoms with Crippen molar-refractivity contribution in [2.75, 3.05) is 0 Å². The third kappa shape index (κ3) is 3.62. The Kier molecular flexibility index (Phi) is 5.08. The van der Waals surface area contributed by atoms with Gasteiger partial charge in [0.25, 0.3) is 0 Å². The van der Waals surface area contributed by atoms with Crippen LogP contribution in [-0.4, -0.2) is 19.6 Å². The second-order valence-electron chi connectivity index (χ2n) is 7.10. The molecule has 0 fully saturated rings. The summed E-state index contributed by atoms with van der Waals surface area (Å²) in [5.41, 5.74) is 7.09. The van der Waals surface area contributed by atoms with E-state index in [4.69, 9.17) is 0 Å². The summed E-state index contributed by atoms with van der Waals surface area (Å²) in [7, 11) is 0. The van der Waals surface area contributed by atoms with Crippen LogP contribution in [0.15, 0.2) is 73.2 Å². The number of rotatable bonds is 6. The Labute approximate surface area is 165 Å². The van der Waals surface area contributed by atoms with Crippen molar-refractivity contribution < 1.29 is 0 Å². The molecule has 0 aliphatic heterocycles. The molecular formula is C23H25N5. The molecule has 2 aromatic carbocycles. The molecular weight excluding hydrogens is 346 g/mol. The summed E-state index contributed by atoms with van der Waals surface area (Å²) in [5.74, 6) is 0. The average Bonchev–Trinajstić information content (AvgIpc) is 3.37. The van der Waals surface area contributed by atoms with Crippen molar-refractivity contribution in [2.45, 2.75) is 33.4 Å². The first-order valence-electron chi connectivity index (χ1n) is 9.56. The monoisotopic (exact) mass is 371 g/mol. The first kappa shape index (κ1) is 18.2. The zero-order chi connectivity index (χ0) is 19.5. The highest BCUT2D eigenvalue weighted by molar-refractivity contribution is 5.40. The van der Waals surface area contributed by atoms with Gasteiger partial charge in [0.05, 0.1) is 17.6 Å². The van der Waals surface area contributed by atoms with Gasteiger partial charge in [-0.2, -0.15) is 10.2 Å². The molecule has 1 N–H and O–H groups in total. The van der Waals surface area contributed by atoms with Crippen LogP contribution in [0.25, 0.3) is 11.4 Å². The standard InChI is InChI=1S/C23H25N5/c1-17-14-22(27-13-7-12-25-27)11-10-20(17)15-24-18(2)23-16-26-28(19(23)3)21-8-5-4-6-9-21/h4-14,16,18,24H,15H2,1-3H3/t18-/m1/s1. The lowest BCUT2D eigenvalue weighted by Crippen LogP contribution is -2.19. The lowest BCUT2D eigenvalue weighted by atomic mass is 10.1.